The summed E-state index contributed by atoms with van der Waals surface area (Å²) in [6, 6.07) is 5.71. The minimum Gasteiger partial charge on any atom is -0.351 e. The van der Waals surface area contributed by atoms with Crippen LogP contribution in [0.15, 0.2) is 24.5 Å². The van der Waals surface area contributed by atoms with E-state index in [2.05, 4.69) is 48.8 Å². The number of aromatic nitrogens is 4. The lowest BCUT2D eigenvalue weighted by Gasteiger charge is -2.35. The van der Waals surface area contributed by atoms with Gasteiger partial charge in [0.1, 0.15) is 17.4 Å². The largest absolute Gasteiger partial charge is 0.351 e. The van der Waals surface area contributed by atoms with Crippen LogP contribution in [0.25, 0.3) is 22.3 Å². The van der Waals surface area contributed by atoms with Crippen molar-refractivity contribution in [2.45, 2.75) is 31.3 Å². The van der Waals surface area contributed by atoms with Crippen LogP contribution in [0.4, 0.5) is 5.95 Å². The van der Waals surface area contributed by atoms with Gasteiger partial charge in [0.05, 0.1) is 15.9 Å². The monoisotopic (exact) mass is 374 g/mol. The normalized spacial score (nSPS) is 19.7. The van der Waals surface area contributed by atoms with Gasteiger partial charge in [0.15, 0.2) is 0 Å². The summed E-state index contributed by atoms with van der Waals surface area (Å²) in [5, 5.41) is 16.6. The summed E-state index contributed by atoms with van der Waals surface area (Å²) in [6.07, 6.45) is 6.69. The van der Waals surface area contributed by atoms with Gasteiger partial charge in [0, 0.05) is 35.1 Å². The molecule has 3 N–H and O–H groups in total. The summed E-state index contributed by atoms with van der Waals surface area (Å²) in [5.41, 5.74) is 3.99. The molecule has 0 amide bonds. The lowest BCUT2D eigenvalue weighted by atomic mass is 10.1. The maximum Gasteiger partial charge on any atom is 0.223 e. The minimum absolute atomic E-state index is 0.243. The second kappa shape index (κ2) is 7.10. The molecule has 1 atom stereocenters. The summed E-state index contributed by atoms with van der Waals surface area (Å²) in [5.74, 6) is 0.594. The van der Waals surface area contributed by atoms with Crippen molar-refractivity contribution >= 4 is 27.2 Å². The van der Waals surface area contributed by atoms with E-state index in [0.29, 0.717) is 17.3 Å². The molecule has 1 aliphatic heterocycles. The fraction of sp³-hybridized carbons (Fsp3) is 0.368. The number of pyridine rings is 1. The Bertz CT molecular complexity index is 1010. The van der Waals surface area contributed by atoms with E-state index in [9.17, 15) is 0 Å². The zero-order valence-corrected chi connectivity index (χ0v) is 16.1. The third kappa shape index (κ3) is 3.43. The van der Waals surface area contributed by atoms with Crippen LogP contribution < -0.4 is 10.6 Å². The molecule has 0 aliphatic carbocycles. The summed E-state index contributed by atoms with van der Waals surface area (Å²) in [6.45, 7) is 3.93. The van der Waals surface area contributed by atoms with E-state index < -0.39 is 0 Å². The van der Waals surface area contributed by atoms with Gasteiger partial charge in [0.2, 0.25) is 5.95 Å². The van der Waals surface area contributed by atoms with E-state index in [1.165, 1.54) is 0 Å². The average molecular weight is 375 g/mol. The molecule has 1 aliphatic rings. The molecule has 27 heavy (non-hydrogen) atoms. The third-order valence-electron chi connectivity index (χ3n) is 4.89. The second-order valence-electron chi connectivity index (χ2n) is 6.82. The number of hydrogen-bond donors (Lipinski definition) is 3. The molecular weight excluding hydrogens is 354 g/mol. The maximum atomic E-state index is 9.05. The van der Waals surface area contributed by atoms with E-state index in [-0.39, 0.29) is 5.16 Å². The summed E-state index contributed by atoms with van der Waals surface area (Å²) in [7, 11) is 3.86. The maximum absolute atomic E-state index is 9.05. The Morgan fingerprint density at radius 3 is 3.00 bits per heavy atom. The van der Waals surface area contributed by atoms with Crippen molar-refractivity contribution in [1.82, 2.24) is 25.3 Å². The lowest BCUT2D eigenvalue weighted by Crippen LogP contribution is -2.52. The van der Waals surface area contributed by atoms with Crippen LogP contribution in [-0.4, -0.2) is 48.4 Å². The van der Waals surface area contributed by atoms with Gasteiger partial charge >= 0.3 is 0 Å². The van der Waals surface area contributed by atoms with E-state index in [0.717, 1.165) is 54.6 Å². The van der Waals surface area contributed by atoms with Gasteiger partial charge in [-0.3, -0.25) is 0 Å². The number of hydrogen-bond acceptors (Lipinski definition) is 6. The highest BCUT2D eigenvalue weighted by atomic mass is 28.1. The van der Waals surface area contributed by atoms with Gasteiger partial charge in [-0.1, -0.05) is 6.92 Å². The van der Waals surface area contributed by atoms with Crippen molar-refractivity contribution < 1.29 is 0 Å². The highest BCUT2D eigenvalue weighted by molar-refractivity contribution is 6.17. The van der Waals surface area contributed by atoms with E-state index >= 15 is 0 Å². The Labute approximate surface area is 161 Å². The average Bonchev–Trinajstić information content (AvgIpc) is 3.11. The van der Waals surface area contributed by atoms with Crippen molar-refractivity contribution in [3.05, 3.63) is 35.8 Å². The molecule has 0 saturated carbocycles. The predicted molar refractivity (Wildman–Crippen MR) is 105 cm³/mol. The molecule has 3 radical (unpaired) electrons. The van der Waals surface area contributed by atoms with Crippen molar-refractivity contribution in [2.75, 3.05) is 18.4 Å². The lowest BCUT2D eigenvalue weighted by molar-refractivity contribution is 0.439. The first-order valence-electron chi connectivity index (χ1n) is 9.10. The molecule has 135 valence electrons. The molecular formula is C19H20N7Si. The van der Waals surface area contributed by atoms with Crippen LogP contribution in [0.2, 0.25) is 0 Å². The van der Waals surface area contributed by atoms with Crippen molar-refractivity contribution in [3.63, 3.8) is 0 Å². The highest BCUT2D eigenvalue weighted by Gasteiger charge is 2.27. The van der Waals surface area contributed by atoms with Gasteiger partial charge in [-0.25, -0.2) is 15.0 Å². The molecule has 1 fully saturated rings. The number of piperidine rings is 1. The molecule has 0 aromatic carbocycles. The van der Waals surface area contributed by atoms with Gasteiger partial charge in [-0.15, -0.1) is 0 Å². The Morgan fingerprint density at radius 2 is 2.26 bits per heavy atom. The first-order valence-corrected chi connectivity index (χ1v) is 9.60. The molecule has 4 rings (SSSR count). The van der Waals surface area contributed by atoms with Gasteiger partial charge < -0.3 is 15.6 Å². The number of aromatic amines is 1. The first kappa shape index (κ1) is 17.6. The highest BCUT2D eigenvalue weighted by Crippen LogP contribution is 2.30. The Balaban J connectivity index is 1.74. The number of H-pyrrole nitrogens is 1. The van der Waals surface area contributed by atoms with Gasteiger partial charge in [-0.05, 0) is 43.5 Å². The molecule has 0 bridgehead atoms. The quantitative estimate of drug-likeness (QED) is 0.605. The SMILES string of the molecule is CCc1cnc(N[C@]2([Si])CCCNC2)nc1-c1c[nH]c2nc(C#N)ccc12. The van der Waals surface area contributed by atoms with E-state index in [1.807, 2.05) is 18.5 Å². The van der Waals surface area contributed by atoms with Crippen molar-refractivity contribution in [3.8, 4) is 17.3 Å². The summed E-state index contributed by atoms with van der Waals surface area (Å²) < 4.78 is 0. The number of fused-ring (bicyclic) bond motifs is 1. The predicted octanol–water partition coefficient (Wildman–Crippen LogP) is 2.11. The number of nitriles is 1. The molecule has 4 heterocycles. The number of aryl methyl sites for hydroxylation is 1. The Morgan fingerprint density at radius 1 is 1.37 bits per heavy atom. The van der Waals surface area contributed by atoms with Crippen molar-refractivity contribution in [2.24, 2.45) is 0 Å². The van der Waals surface area contributed by atoms with Crippen LogP contribution in [0.5, 0.6) is 0 Å². The fourth-order valence-electron chi connectivity index (χ4n) is 3.45. The fourth-order valence-corrected chi connectivity index (χ4v) is 3.86. The summed E-state index contributed by atoms with van der Waals surface area (Å²) >= 11 is 0. The minimum atomic E-state index is -0.243. The zero-order chi connectivity index (χ0) is 18.9. The van der Waals surface area contributed by atoms with Crippen LogP contribution in [0.1, 0.15) is 31.0 Å². The van der Waals surface area contributed by atoms with Gasteiger partial charge in [-0.2, -0.15) is 5.26 Å². The Kier molecular flexibility index (Phi) is 4.64. The van der Waals surface area contributed by atoms with Crippen molar-refractivity contribution in [1.29, 1.82) is 5.26 Å². The molecule has 0 spiro atoms. The zero-order valence-electron chi connectivity index (χ0n) is 15.1. The molecule has 7 nitrogen and oxygen atoms in total. The second-order valence-corrected chi connectivity index (χ2v) is 7.77. The smallest absolute Gasteiger partial charge is 0.223 e. The molecule has 3 aromatic heterocycles. The van der Waals surface area contributed by atoms with Crippen LogP contribution >= 0.6 is 0 Å². The number of anilines is 1. The summed E-state index contributed by atoms with van der Waals surface area (Å²) in [4.78, 5) is 16.8. The molecule has 0 unspecified atom stereocenters. The van der Waals surface area contributed by atoms with Crippen LogP contribution in [-0.2, 0) is 6.42 Å². The molecule has 8 heteroatoms. The number of nitrogens with zero attached hydrogens (tertiary/aromatic N) is 4. The topological polar surface area (TPSA) is 102 Å². The van der Waals surface area contributed by atoms with Crippen LogP contribution in [0, 0.1) is 11.3 Å². The van der Waals surface area contributed by atoms with Crippen LogP contribution in [0.3, 0.4) is 0 Å². The van der Waals surface area contributed by atoms with E-state index in [1.54, 1.807) is 6.07 Å². The molecule has 3 aromatic rings. The Hall–Kier alpha value is -2.76. The number of nitrogens with one attached hydrogen (secondary N) is 3. The third-order valence-corrected chi connectivity index (χ3v) is 5.44. The number of rotatable bonds is 4. The van der Waals surface area contributed by atoms with Gasteiger partial charge in [0.25, 0.3) is 0 Å². The molecule has 1 saturated heterocycles. The standard InChI is InChI=1S/C19H20N7Si/c1-2-12-9-23-18(26-19(27)6-3-7-21-11-19)25-16(12)15-10-22-17-14(15)5-4-13(8-20)24-17/h4-5,9-10,21H,2-3,6-7,11H2,1H3,(H,22,24)(H,23,25,26)/t19-/m0/s1. The van der Waals surface area contributed by atoms with E-state index in [4.69, 9.17) is 10.2 Å². The first-order chi connectivity index (χ1) is 13.1.